The minimum absolute atomic E-state index is 0.0804. The van der Waals surface area contributed by atoms with E-state index in [4.69, 9.17) is 11.6 Å². The number of hydrogen-bond donors (Lipinski definition) is 2. The monoisotopic (exact) mass is 303 g/mol. The molecule has 0 aliphatic heterocycles. The van der Waals surface area contributed by atoms with Crippen LogP contribution in [0.5, 0.6) is 0 Å². The lowest BCUT2D eigenvalue weighted by Crippen LogP contribution is -2.23. The summed E-state index contributed by atoms with van der Waals surface area (Å²) in [5.41, 5.74) is 1.43. The van der Waals surface area contributed by atoms with Gasteiger partial charge in [0.1, 0.15) is 5.82 Å². The first kappa shape index (κ1) is 13.6. The average Bonchev–Trinajstić information content (AvgIpc) is 2.86. The zero-order valence-electron chi connectivity index (χ0n) is 10.9. The van der Waals surface area contributed by atoms with Crippen molar-refractivity contribution in [1.29, 1.82) is 0 Å². The minimum atomic E-state index is -0.396. The zero-order chi connectivity index (χ0) is 14.8. The summed E-state index contributed by atoms with van der Waals surface area (Å²) >= 11 is 6.01. The van der Waals surface area contributed by atoms with Crippen LogP contribution in [-0.2, 0) is 6.54 Å². The Balaban J connectivity index is 1.80. The summed E-state index contributed by atoms with van der Waals surface area (Å²) in [5.74, 6) is -0.699. The lowest BCUT2D eigenvalue weighted by Gasteiger charge is -2.07. The molecule has 0 atom stereocenters. The summed E-state index contributed by atoms with van der Waals surface area (Å²) in [4.78, 5) is 18.7. The number of H-pyrrole nitrogens is 1. The third kappa shape index (κ3) is 2.73. The van der Waals surface area contributed by atoms with Gasteiger partial charge in [0.15, 0.2) is 0 Å². The molecule has 2 heterocycles. The van der Waals surface area contributed by atoms with Crippen molar-refractivity contribution in [3.63, 3.8) is 0 Å². The van der Waals surface area contributed by atoms with Crippen LogP contribution in [0.2, 0.25) is 5.02 Å². The molecule has 2 aromatic heterocycles. The van der Waals surface area contributed by atoms with E-state index in [1.54, 1.807) is 30.6 Å². The highest BCUT2D eigenvalue weighted by Crippen LogP contribution is 2.25. The predicted octanol–water partition coefficient (Wildman–Crippen LogP) is 3.29. The Morgan fingerprint density at radius 3 is 3.05 bits per heavy atom. The van der Waals surface area contributed by atoms with Gasteiger partial charge in [0, 0.05) is 41.6 Å². The van der Waals surface area contributed by atoms with Crippen molar-refractivity contribution in [2.75, 3.05) is 0 Å². The molecule has 0 radical (unpaired) electrons. The number of nitrogens with one attached hydrogen (secondary N) is 2. The maximum Gasteiger partial charge on any atom is 0.253 e. The molecule has 0 spiro atoms. The van der Waals surface area contributed by atoms with Crippen molar-refractivity contribution in [3.05, 3.63) is 64.8 Å². The molecule has 6 heteroatoms. The second-order valence-corrected chi connectivity index (χ2v) is 4.96. The van der Waals surface area contributed by atoms with Crippen LogP contribution in [0.15, 0.2) is 42.9 Å². The first-order chi connectivity index (χ1) is 10.1. The molecule has 2 N–H and O–H groups in total. The molecule has 1 amide bonds. The van der Waals surface area contributed by atoms with E-state index in [-0.39, 0.29) is 12.5 Å². The van der Waals surface area contributed by atoms with Crippen molar-refractivity contribution < 1.29 is 9.18 Å². The van der Waals surface area contributed by atoms with E-state index < -0.39 is 5.82 Å². The van der Waals surface area contributed by atoms with Gasteiger partial charge in [0.2, 0.25) is 0 Å². The average molecular weight is 304 g/mol. The number of benzene rings is 1. The highest BCUT2D eigenvalue weighted by atomic mass is 35.5. The van der Waals surface area contributed by atoms with Crippen molar-refractivity contribution >= 4 is 28.4 Å². The van der Waals surface area contributed by atoms with Crippen LogP contribution in [0.1, 0.15) is 15.9 Å². The van der Waals surface area contributed by atoms with E-state index in [9.17, 15) is 9.18 Å². The van der Waals surface area contributed by atoms with Crippen molar-refractivity contribution in [3.8, 4) is 0 Å². The van der Waals surface area contributed by atoms with Crippen LogP contribution in [0.3, 0.4) is 0 Å². The first-order valence-corrected chi connectivity index (χ1v) is 6.66. The molecule has 3 aromatic rings. The van der Waals surface area contributed by atoms with Crippen LogP contribution in [0.25, 0.3) is 10.9 Å². The first-order valence-electron chi connectivity index (χ1n) is 6.28. The molecule has 0 bridgehead atoms. The number of hydrogen-bond acceptors (Lipinski definition) is 2. The molecular weight excluding hydrogens is 293 g/mol. The molecular formula is C15H11ClFN3O. The molecule has 21 heavy (non-hydrogen) atoms. The number of pyridine rings is 1. The fraction of sp³-hybridized carbons (Fsp3) is 0.0667. The van der Waals surface area contributed by atoms with Crippen LogP contribution in [0, 0.1) is 5.82 Å². The van der Waals surface area contributed by atoms with Crippen molar-refractivity contribution in [2.45, 2.75) is 6.54 Å². The second kappa shape index (κ2) is 5.54. The van der Waals surface area contributed by atoms with Crippen LogP contribution < -0.4 is 5.32 Å². The van der Waals surface area contributed by atoms with Gasteiger partial charge in [-0.1, -0.05) is 11.6 Å². The Morgan fingerprint density at radius 1 is 1.43 bits per heavy atom. The number of amides is 1. The lowest BCUT2D eigenvalue weighted by molar-refractivity contribution is 0.0950. The topological polar surface area (TPSA) is 57.8 Å². The summed E-state index contributed by atoms with van der Waals surface area (Å²) in [6.07, 6.45) is 4.64. The molecule has 0 aliphatic carbocycles. The van der Waals surface area contributed by atoms with Gasteiger partial charge in [-0.2, -0.15) is 0 Å². The zero-order valence-corrected chi connectivity index (χ0v) is 11.6. The number of fused-ring (bicyclic) bond motifs is 1. The van der Waals surface area contributed by atoms with E-state index >= 15 is 0 Å². The highest BCUT2D eigenvalue weighted by Gasteiger charge is 2.10. The quantitative estimate of drug-likeness (QED) is 0.780. The largest absolute Gasteiger partial charge is 0.360 e. The Labute approximate surface area is 125 Å². The maximum atomic E-state index is 14.0. The Bertz CT molecular complexity index is 801. The summed E-state index contributed by atoms with van der Waals surface area (Å²) in [6, 6.07) is 6.31. The van der Waals surface area contributed by atoms with E-state index in [0.717, 1.165) is 5.39 Å². The molecule has 3 rings (SSSR count). The highest BCUT2D eigenvalue weighted by molar-refractivity contribution is 6.35. The van der Waals surface area contributed by atoms with Gasteiger partial charge in [0.25, 0.3) is 5.91 Å². The van der Waals surface area contributed by atoms with Crippen LogP contribution in [-0.4, -0.2) is 15.9 Å². The standard InChI is InChI=1S/C15H11ClFN3O/c16-12-8-19-14-5-13(17)10(4-11(12)14)7-20-15(21)9-2-1-3-18-6-9/h1-6,8,19H,7H2,(H,20,21). The number of rotatable bonds is 3. The number of halogens is 2. The molecule has 0 saturated carbocycles. The molecule has 0 aliphatic rings. The van der Waals surface area contributed by atoms with Gasteiger partial charge in [-0.3, -0.25) is 9.78 Å². The molecule has 1 aromatic carbocycles. The molecule has 0 unspecified atom stereocenters. The van der Waals surface area contributed by atoms with Crippen LogP contribution in [0.4, 0.5) is 4.39 Å². The van der Waals surface area contributed by atoms with E-state index in [0.29, 0.717) is 21.7 Å². The van der Waals surface area contributed by atoms with Crippen molar-refractivity contribution in [1.82, 2.24) is 15.3 Å². The third-order valence-corrected chi connectivity index (χ3v) is 3.47. The SMILES string of the molecule is O=C(NCc1cc2c(Cl)c[nH]c2cc1F)c1cccnc1. The van der Waals surface area contributed by atoms with Crippen molar-refractivity contribution in [2.24, 2.45) is 0 Å². The number of carbonyl (C=O) groups excluding carboxylic acids is 1. The van der Waals surface area contributed by atoms with Crippen LogP contribution >= 0.6 is 11.6 Å². The fourth-order valence-electron chi connectivity index (χ4n) is 2.06. The van der Waals surface area contributed by atoms with Gasteiger partial charge >= 0.3 is 0 Å². The third-order valence-electron chi connectivity index (χ3n) is 3.16. The Morgan fingerprint density at radius 2 is 2.29 bits per heavy atom. The molecule has 0 fully saturated rings. The lowest BCUT2D eigenvalue weighted by atomic mass is 10.1. The van der Waals surface area contributed by atoms with Gasteiger partial charge in [0.05, 0.1) is 10.6 Å². The molecule has 0 saturated heterocycles. The smallest absolute Gasteiger partial charge is 0.253 e. The van der Waals surface area contributed by atoms with Gasteiger partial charge in [-0.25, -0.2) is 4.39 Å². The molecule has 106 valence electrons. The van der Waals surface area contributed by atoms with E-state index in [1.807, 2.05) is 0 Å². The number of carbonyl (C=O) groups is 1. The Hall–Kier alpha value is -2.40. The fourth-order valence-corrected chi connectivity index (χ4v) is 2.27. The predicted molar refractivity (Wildman–Crippen MR) is 78.7 cm³/mol. The van der Waals surface area contributed by atoms with Gasteiger partial charge < -0.3 is 10.3 Å². The minimum Gasteiger partial charge on any atom is -0.360 e. The van der Waals surface area contributed by atoms with Gasteiger partial charge in [-0.15, -0.1) is 0 Å². The number of aromatic amines is 1. The Kier molecular flexibility index (Phi) is 3.58. The number of nitrogens with zero attached hydrogens (tertiary/aromatic N) is 1. The molecule has 4 nitrogen and oxygen atoms in total. The number of aromatic nitrogens is 2. The normalized spacial score (nSPS) is 10.8. The summed E-state index contributed by atoms with van der Waals surface area (Å²) < 4.78 is 14.0. The second-order valence-electron chi connectivity index (χ2n) is 4.55. The van der Waals surface area contributed by atoms with E-state index in [1.165, 1.54) is 12.3 Å². The summed E-state index contributed by atoms with van der Waals surface area (Å²) in [5, 5.41) is 3.90. The van der Waals surface area contributed by atoms with Gasteiger partial charge in [-0.05, 0) is 24.3 Å². The summed E-state index contributed by atoms with van der Waals surface area (Å²) in [7, 11) is 0. The maximum absolute atomic E-state index is 14.0. The van der Waals surface area contributed by atoms with E-state index in [2.05, 4.69) is 15.3 Å². The summed E-state index contributed by atoms with van der Waals surface area (Å²) in [6.45, 7) is 0.0804.